The quantitative estimate of drug-likeness (QED) is 0.599. The van der Waals surface area contributed by atoms with Crippen molar-refractivity contribution in [1.82, 2.24) is 0 Å². The molecule has 2 atom stereocenters. The number of ether oxygens (including phenoxy) is 1. The van der Waals surface area contributed by atoms with Crippen LogP contribution in [0, 0.1) is 5.92 Å². The average Bonchev–Trinajstić information content (AvgIpc) is 2.17. The van der Waals surface area contributed by atoms with Gasteiger partial charge in [0.2, 0.25) is 0 Å². The first-order chi connectivity index (χ1) is 7.11. The van der Waals surface area contributed by atoms with Crippen molar-refractivity contribution in [1.29, 1.82) is 0 Å². The zero-order valence-corrected chi connectivity index (χ0v) is 10.8. The van der Waals surface area contributed by atoms with Crippen LogP contribution in [-0.4, -0.2) is 23.9 Å². The molecule has 2 unspecified atom stereocenters. The molecule has 0 spiro atoms. The van der Waals surface area contributed by atoms with E-state index >= 15 is 0 Å². The minimum absolute atomic E-state index is 0.0390. The van der Waals surface area contributed by atoms with Gasteiger partial charge in [-0.15, -0.1) is 0 Å². The minimum atomic E-state index is -0.279. The molecular weight excluding hydrogens is 188 g/mol. The number of hydrogen-bond acceptors (Lipinski definition) is 2. The Bertz CT molecular complexity index is 134. The molecule has 2 nitrogen and oxygen atoms in total. The van der Waals surface area contributed by atoms with Gasteiger partial charge in [0, 0.05) is 6.61 Å². The Morgan fingerprint density at radius 1 is 1.13 bits per heavy atom. The molecule has 0 aromatic heterocycles. The van der Waals surface area contributed by atoms with Crippen LogP contribution in [-0.2, 0) is 4.74 Å². The highest BCUT2D eigenvalue weighted by molar-refractivity contribution is 4.67. The summed E-state index contributed by atoms with van der Waals surface area (Å²) in [6.45, 7) is 9.41. The van der Waals surface area contributed by atoms with Crippen LogP contribution >= 0.6 is 0 Å². The van der Waals surface area contributed by atoms with Gasteiger partial charge in [0.25, 0.3) is 0 Å². The maximum Gasteiger partial charge on any atom is 0.0831 e. The van der Waals surface area contributed by atoms with E-state index in [-0.39, 0.29) is 12.2 Å². The van der Waals surface area contributed by atoms with Crippen LogP contribution in [0.3, 0.4) is 0 Å². The Hall–Kier alpha value is -0.0800. The van der Waals surface area contributed by atoms with E-state index in [1.807, 2.05) is 0 Å². The lowest BCUT2D eigenvalue weighted by atomic mass is 10.1. The van der Waals surface area contributed by atoms with Crippen molar-refractivity contribution in [3.8, 4) is 0 Å². The molecular formula is C13H28O2. The minimum Gasteiger partial charge on any atom is -0.390 e. The van der Waals surface area contributed by atoms with Crippen molar-refractivity contribution >= 4 is 0 Å². The summed E-state index contributed by atoms with van der Waals surface area (Å²) in [6.07, 6.45) is 4.85. The summed E-state index contributed by atoms with van der Waals surface area (Å²) in [5.74, 6) is 0.745. The Morgan fingerprint density at radius 3 is 2.27 bits per heavy atom. The van der Waals surface area contributed by atoms with Gasteiger partial charge in [-0.25, -0.2) is 0 Å². The third-order valence-electron chi connectivity index (χ3n) is 2.67. The summed E-state index contributed by atoms with van der Waals surface area (Å²) in [5.41, 5.74) is 0. The SMILES string of the molecule is CCCC(O)C(CC)OCCCC(C)C. The van der Waals surface area contributed by atoms with Crippen molar-refractivity contribution in [3.05, 3.63) is 0 Å². The van der Waals surface area contributed by atoms with Crippen molar-refractivity contribution in [2.75, 3.05) is 6.61 Å². The van der Waals surface area contributed by atoms with Gasteiger partial charge < -0.3 is 9.84 Å². The molecule has 0 saturated carbocycles. The van der Waals surface area contributed by atoms with Crippen LogP contribution in [0.1, 0.15) is 59.8 Å². The predicted molar refractivity (Wildman–Crippen MR) is 65.0 cm³/mol. The van der Waals surface area contributed by atoms with Crippen LogP contribution in [0.4, 0.5) is 0 Å². The first-order valence-electron chi connectivity index (χ1n) is 6.41. The first kappa shape index (κ1) is 14.9. The number of aliphatic hydroxyl groups excluding tert-OH is 1. The van der Waals surface area contributed by atoms with E-state index in [4.69, 9.17) is 4.74 Å². The highest BCUT2D eigenvalue weighted by Gasteiger charge is 2.16. The maximum atomic E-state index is 9.79. The third kappa shape index (κ3) is 7.80. The molecule has 0 aliphatic rings. The molecule has 1 N–H and O–H groups in total. The fraction of sp³-hybridized carbons (Fsp3) is 1.00. The molecule has 2 heteroatoms. The lowest BCUT2D eigenvalue weighted by molar-refractivity contribution is -0.0436. The van der Waals surface area contributed by atoms with Crippen molar-refractivity contribution < 1.29 is 9.84 Å². The van der Waals surface area contributed by atoms with E-state index in [0.717, 1.165) is 38.2 Å². The van der Waals surface area contributed by atoms with Gasteiger partial charge in [-0.2, -0.15) is 0 Å². The lowest BCUT2D eigenvalue weighted by Gasteiger charge is -2.21. The van der Waals surface area contributed by atoms with E-state index in [1.54, 1.807) is 0 Å². The van der Waals surface area contributed by atoms with Gasteiger partial charge in [0.15, 0.2) is 0 Å². The standard InChI is InChI=1S/C13H28O2/c1-5-8-12(14)13(6-2)15-10-7-9-11(3)4/h11-14H,5-10H2,1-4H3. The number of rotatable bonds is 9. The molecule has 0 amide bonds. The Morgan fingerprint density at radius 2 is 1.80 bits per heavy atom. The van der Waals surface area contributed by atoms with Crippen molar-refractivity contribution in [2.24, 2.45) is 5.92 Å². The van der Waals surface area contributed by atoms with Gasteiger partial charge in [-0.05, 0) is 31.6 Å². The molecule has 0 fully saturated rings. The van der Waals surface area contributed by atoms with Gasteiger partial charge in [-0.3, -0.25) is 0 Å². The maximum absolute atomic E-state index is 9.79. The molecule has 15 heavy (non-hydrogen) atoms. The van der Waals surface area contributed by atoms with E-state index in [0.29, 0.717) is 0 Å². The number of aliphatic hydroxyl groups is 1. The van der Waals surface area contributed by atoms with Gasteiger partial charge in [0.05, 0.1) is 12.2 Å². The monoisotopic (exact) mass is 216 g/mol. The second-order valence-corrected chi connectivity index (χ2v) is 4.71. The first-order valence-corrected chi connectivity index (χ1v) is 6.41. The van der Waals surface area contributed by atoms with Crippen LogP contribution in [0.25, 0.3) is 0 Å². The second kappa shape index (κ2) is 9.17. The Balaban J connectivity index is 3.60. The predicted octanol–water partition coefficient (Wildman–Crippen LogP) is 3.38. The van der Waals surface area contributed by atoms with Crippen molar-refractivity contribution in [3.63, 3.8) is 0 Å². The fourth-order valence-electron chi connectivity index (χ4n) is 1.71. The smallest absolute Gasteiger partial charge is 0.0831 e. The Kier molecular flexibility index (Phi) is 9.12. The van der Waals surface area contributed by atoms with E-state index in [9.17, 15) is 5.11 Å². The van der Waals surface area contributed by atoms with Crippen LogP contribution in [0.15, 0.2) is 0 Å². The highest BCUT2D eigenvalue weighted by atomic mass is 16.5. The van der Waals surface area contributed by atoms with Crippen molar-refractivity contribution in [2.45, 2.75) is 72.0 Å². The van der Waals surface area contributed by atoms with E-state index < -0.39 is 0 Å². The van der Waals surface area contributed by atoms with E-state index in [1.165, 1.54) is 6.42 Å². The molecule has 0 radical (unpaired) electrons. The summed E-state index contributed by atoms with van der Waals surface area (Å²) >= 11 is 0. The number of hydrogen-bond donors (Lipinski definition) is 1. The molecule has 92 valence electrons. The molecule has 0 bridgehead atoms. The highest BCUT2D eigenvalue weighted by Crippen LogP contribution is 2.11. The third-order valence-corrected chi connectivity index (χ3v) is 2.67. The van der Waals surface area contributed by atoms with E-state index in [2.05, 4.69) is 27.7 Å². The second-order valence-electron chi connectivity index (χ2n) is 4.71. The lowest BCUT2D eigenvalue weighted by Crippen LogP contribution is -2.28. The van der Waals surface area contributed by atoms with Gasteiger partial charge >= 0.3 is 0 Å². The zero-order valence-electron chi connectivity index (χ0n) is 10.8. The topological polar surface area (TPSA) is 29.5 Å². The fourth-order valence-corrected chi connectivity index (χ4v) is 1.71. The largest absolute Gasteiger partial charge is 0.390 e. The summed E-state index contributed by atoms with van der Waals surface area (Å²) in [5, 5.41) is 9.79. The molecule has 0 aromatic rings. The molecule has 0 aromatic carbocycles. The molecule has 0 aliphatic carbocycles. The average molecular weight is 216 g/mol. The summed E-state index contributed by atoms with van der Waals surface area (Å²) in [4.78, 5) is 0. The Labute approximate surface area is 95.0 Å². The van der Waals surface area contributed by atoms with Gasteiger partial charge in [0.1, 0.15) is 0 Å². The molecule has 0 saturated heterocycles. The molecule has 0 rings (SSSR count). The van der Waals surface area contributed by atoms with Crippen LogP contribution in [0.5, 0.6) is 0 Å². The summed E-state index contributed by atoms with van der Waals surface area (Å²) in [6, 6.07) is 0. The van der Waals surface area contributed by atoms with Crippen LogP contribution in [0.2, 0.25) is 0 Å². The molecule has 0 aliphatic heterocycles. The summed E-state index contributed by atoms with van der Waals surface area (Å²) < 4.78 is 5.71. The summed E-state index contributed by atoms with van der Waals surface area (Å²) in [7, 11) is 0. The van der Waals surface area contributed by atoms with Gasteiger partial charge in [-0.1, -0.05) is 34.1 Å². The molecule has 0 heterocycles. The van der Waals surface area contributed by atoms with Crippen LogP contribution < -0.4 is 0 Å². The zero-order chi connectivity index (χ0) is 11.7. The normalized spacial score (nSPS) is 15.6.